The summed E-state index contributed by atoms with van der Waals surface area (Å²) in [6.07, 6.45) is 5.36. The lowest BCUT2D eigenvalue weighted by Gasteiger charge is -2.24. The van der Waals surface area contributed by atoms with Crippen LogP contribution in [-0.4, -0.2) is 35.6 Å². The van der Waals surface area contributed by atoms with Crippen LogP contribution < -0.4 is 16.0 Å². The van der Waals surface area contributed by atoms with E-state index in [2.05, 4.69) is 20.2 Å². The number of benzene rings is 1. The van der Waals surface area contributed by atoms with Gasteiger partial charge < -0.3 is 16.0 Å². The fraction of sp³-hybridized carbons (Fsp3) is 0.500. The summed E-state index contributed by atoms with van der Waals surface area (Å²) < 4.78 is 13.9. The molecule has 5 nitrogen and oxygen atoms in total. The van der Waals surface area contributed by atoms with E-state index in [9.17, 15) is 4.39 Å². The minimum Gasteiger partial charge on any atom is -0.368 e. The van der Waals surface area contributed by atoms with E-state index in [0.29, 0.717) is 12.0 Å². The summed E-state index contributed by atoms with van der Waals surface area (Å²) in [6, 6.07) is 5.55. The Morgan fingerprint density at radius 2 is 2.08 bits per heavy atom. The summed E-state index contributed by atoms with van der Waals surface area (Å²) in [5.74, 6) is 1.68. The van der Waals surface area contributed by atoms with Crippen LogP contribution in [0.2, 0.25) is 0 Å². The average Bonchev–Trinajstić information content (AvgIpc) is 2.99. The molecule has 0 bridgehead atoms. The van der Waals surface area contributed by atoms with Gasteiger partial charge in [0.05, 0.1) is 5.69 Å². The number of nitrogens with one attached hydrogen (secondary N) is 1. The van der Waals surface area contributed by atoms with Gasteiger partial charge in [0, 0.05) is 30.3 Å². The summed E-state index contributed by atoms with van der Waals surface area (Å²) in [5.41, 5.74) is 10.1. The van der Waals surface area contributed by atoms with Crippen LogP contribution in [0.5, 0.6) is 0 Å². The highest BCUT2D eigenvalue weighted by Gasteiger charge is 2.36. The van der Waals surface area contributed by atoms with Crippen molar-refractivity contribution < 1.29 is 4.39 Å². The molecule has 1 aliphatic carbocycles. The van der Waals surface area contributed by atoms with Crippen molar-refractivity contribution in [1.82, 2.24) is 15.3 Å². The van der Waals surface area contributed by atoms with Gasteiger partial charge in [-0.25, -0.2) is 9.37 Å². The number of hydrogen-bond acceptors (Lipinski definition) is 5. The Hall–Kier alpha value is -2.21. The van der Waals surface area contributed by atoms with Gasteiger partial charge in [-0.05, 0) is 62.3 Å². The molecule has 0 spiro atoms. The second kappa shape index (κ2) is 6.20. The van der Waals surface area contributed by atoms with Gasteiger partial charge >= 0.3 is 0 Å². The molecule has 2 aromatic rings. The predicted molar refractivity (Wildman–Crippen MR) is 101 cm³/mol. The number of aryl methyl sites for hydroxylation is 1. The molecule has 3 N–H and O–H groups in total. The minimum absolute atomic E-state index is 0.230. The number of nitrogen functional groups attached to an aromatic ring is 1. The number of fused-ring (bicyclic) bond motifs is 4. The molecule has 6 heteroatoms. The monoisotopic (exact) mass is 353 g/mol. The molecule has 2 unspecified atom stereocenters. The molecule has 1 aromatic carbocycles. The van der Waals surface area contributed by atoms with Gasteiger partial charge in [0.1, 0.15) is 11.6 Å². The molecule has 0 amide bonds. The highest BCUT2D eigenvalue weighted by atomic mass is 19.1. The molecule has 2 aliphatic heterocycles. The molecule has 2 fully saturated rings. The first-order valence-corrected chi connectivity index (χ1v) is 9.62. The quantitative estimate of drug-likeness (QED) is 0.825. The normalized spacial score (nSPS) is 24.6. The first kappa shape index (κ1) is 16.0. The van der Waals surface area contributed by atoms with Crippen LogP contribution in [0.4, 0.5) is 16.2 Å². The summed E-state index contributed by atoms with van der Waals surface area (Å²) in [6.45, 7) is 3.08. The van der Waals surface area contributed by atoms with E-state index in [1.165, 1.54) is 18.9 Å². The SMILES string of the molecule is Nc1nc2c(c(N3CC4CCCNC4C3)n1)CCCc1ccc(F)cc1-2. The Balaban J connectivity index is 1.61. The lowest BCUT2D eigenvalue weighted by Crippen LogP contribution is -2.40. The van der Waals surface area contributed by atoms with Gasteiger partial charge in [-0.2, -0.15) is 4.98 Å². The number of halogens is 1. The van der Waals surface area contributed by atoms with Crippen molar-refractivity contribution in [2.24, 2.45) is 5.92 Å². The van der Waals surface area contributed by atoms with E-state index in [4.69, 9.17) is 5.73 Å². The van der Waals surface area contributed by atoms with Gasteiger partial charge in [0.25, 0.3) is 0 Å². The molecule has 5 rings (SSSR count). The Morgan fingerprint density at radius 3 is 2.96 bits per heavy atom. The smallest absolute Gasteiger partial charge is 0.222 e. The maximum atomic E-state index is 13.9. The van der Waals surface area contributed by atoms with Gasteiger partial charge in [-0.3, -0.25) is 0 Å². The number of hydrogen-bond donors (Lipinski definition) is 2. The molecule has 0 radical (unpaired) electrons. The molecule has 26 heavy (non-hydrogen) atoms. The molecule has 3 aliphatic rings. The molecule has 0 saturated carbocycles. The van der Waals surface area contributed by atoms with Crippen LogP contribution in [0, 0.1) is 11.7 Å². The summed E-state index contributed by atoms with van der Waals surface area (Å²) in [7, 11) is 0. The Morgan fingerprint density at radius 1 is 1.15 bits per heavy atom. The van der Waals surface area contributed by atoms with E-state index in [1.54, 1.807) is 6.07 Å². The Bertz CT molecular complexity index is 838. The zero-order valence-corrected chi connectivity index (χ0v) is 14.8. The topological polar surface area (TPSA) is 67.1 Å². The zero-order chi connectivity index (χ0) is 17.7. The highest BCUT2D eigenvalue weighted by molar-refractivity contribution is 5.74. The Labute approximate surface area is 152 Å². The van der Waals surface area contributed by atoms with E-state index in [1.807, 2.05) is 6.07 Å². The standard InChI is InChI=1S/C20H24FN5/c21-14-7-6-12-3-1-5-15-18(16(12)9-14)24-20(22)25-19(15)26-10-13-4-2-8-23-17(13)11-26/h6-7,9,13,17,23H,1-5,8,10-11H2,(H2,22,24,25). The van der Waals surface area contributed by atoms with Crippen molar-refractivity contribution in [2.45, 2.75) is 38.1 Å². The number of nitrogens with zero attached hydrogens (tertiary/aromatic N) is 3. The average molecular weight is 353 g/mol. The molecule has 136 valence electrons. The van der Waals surface area contributed by atoms with Crippen molar-refractivity contribution >= 4 is 11.8 Å². The minimum atomic E-state index is -0.230. The van der Waals surface area contributed by atoms with Gasteiger partial charge in [0.15, 0.2) is 0 Å². The summed E-state index contributed by atoms with van der Waals surface area (Å²) >= 11 is 0. The maximum Gasteiger partial charge on any atom is 0.222 e. The van der Waals surface area contributed by atoms with Crippen molar-refractivity contribution in [3.63, 3.8) is 0 Å². The van der Waals surface area contributed by atoms with Crippen LogP contribution in [-0.2, 0) is 12.8 Å². The summed E-state index contributed by atoms with van der Waals surface area (Å²) in [4.78, 5) is 11.5. The first-order valence-electron chi connectivity index (χ1n) is 9.62. The third-order valence-electron chi connectivity index (χ3n) is 6.10. The predicted octanol–water partition coefficient (Wildman–Crippen LogP) is 2.54. The fourth-order valence-corrected chi connectivity index (χ4v) is 4.87. The van der Waals surface area contributed by atoms with Crippen LogP contribution in [0.15, 0.2) is 18.2 Å². The third-order valence-corrected chi connectivity index (χ3v) is 6.10. The highest BCUT2D eigenvalue weighted by Crippen LogP contribution is 2.38. The van der Waals surface area contributed by atoms with Crippen LogP contribution in [0.1, 0.15) is 30.4 Å². The van der Waals surface area contributed by atoms with Crippen LogP contribution in [0.3, 0.4) is 0 Å². The van der Waals surface area contributed by atoms with E-state index >= 15 is 0 Å². The third kappa shape index (κ3) is 2.63. The second-order valence-corrected chi connectivity index (χ2v) is 7.76. The number of rotatable bonds is 1. The van der Waals surface area contributed by atoms with Gasteiger partial charge in [-0.15, -0.1) is 0 Å². The molecular formula is C20H24FN5. The van der Waals surface area contributed by atoms with Gasteiger partial charge in [0.2, 0.25) is 5.95 Å². The maximum absolute atomic E-state index is 13.9. The molecule has 2 saturated heterocycles. The Kier molecular flexibility index (Phi) is 3.81. The fourth-order valence-electron chi connectivity index (χ4n) is 4.87. The van der Waals surface area contributed by atoms with E-state index in [0.717, 1.165) is 67.1 Å². The zero-order valence-electron chi connectivity index (χ0n) is 14.8. The lowest BCUT2D eigenvalue weighted by atomic mass is 9.94. The first-order chi connectivity index (χ1) is 12.7. The van der Waals surface area contributed by atoms with E-state index < -0.39 is 0 Å². The lowest BCUT2D eigenvalue weighted by molar-refractivity contribution is 0.340. The van der Waals surface area contributed by atoms with E-state index in [-0.39, 0.29) is 11.8 Å². The van der Waals surface area contributed by atoms with Crippen LogP contribution >= 0.6 is 0 Å². The van der Waals surface area contributed by atoms with Crippen LogP contribution in [0.25, 0.3) is 11.3 Å². The largest absolute Gasteiger partial charge is 0.368 e. The summed E-state index contributed by atoms with van der Waals surface area (Å²) in [5, 5.41) is 3.64. The number of piperidine rings is 1. The van der Waals surface area contributed by atoms with Crippen molar-refractivity contribution in [3.8, 4) is 11.3 Å². The van der Waals surface area contributed by atoms with Gasteiger partial charge in [-0.1, -0.05) is 6.07 Å². The molecule has 1 aromatic heterocycles. The number of aromatic nitrogens is 2. The number of nitrogens with two attached hydrogens (primary N) is 1. The van der Waals surface area contributed by atoms with Crippen molar-refractivity contribution in [2.75, 3.05) is 30.3 Å². The second-order valence-electron chi connectivity index (χ2n) is 7.76. The van der Waals surface area contributed by atoms with Crippen molar-refractivity contribution in [1.29, 1.82) is 0 Å². The molecule has 2 atom stereocenters. The number of anilines is 2. The molecule has 3 heterocycles. The van der Waals surface area contributed by atoms with Crippen molar-refractivity contribution in [3.05, 3.63) is 35.1 Å². The molecular weight excluding hydrogens is 329 g/mol.